The molecule has 7 nitrogen and oxygen atoms in total. The Kier molecular flexibility index (Phi) is 5.58. The predicted octanol–water partition coefficient (Wildman–Crippen LogP) is 2.13. The first kappa shape index (κ1) is 17.9. The molecule has 3 heterocycles. The second kappa shape index (κ2) is 8.43. The molecule has 2 aromatic rings. The van der Waals surface area contributed by atoms with Gasteiger partial charge in [-0.1, -0.05) is 6.07 Å². The number of hydrogen-bond acceptors (Lipinski definition) is 7. The summed E-state index contributed by atoms with van der Waals surface area (Å²) in [6, 6.07) is 7.56. The third-order valence-corrected chi connectivity index (χ3v) is 5.13. The van der Waals surface area contributed by atoms with Crippen molar-refractivity contribution in [1.29, 1.82) is 0 Å². The lowest BCUT2D eigenvalue weighted by Crippen LogP contribution is -2.42. The molecule has 0 radical (unpaired) electrons. The van der Waals surface area contributed by atoms with Gasteiger partial charge in [-0.2, -0.15) is 0 Å². The molecule has 144 valence electrons. The highest BCUT2D eigenvalue weighted by Gasteiger charge is 2.25. The summed E-state index contributed by atoms with van der Waals surface area (Å²) in [5.41, 5.74) is 0. The smallest absolute Gasteiger partial charge is 0.225 e. The van der Waals surface area contributed by atoms with Crippen molar-refractivity contribution in [1.82, 2.24) is 15.3 Å². The van der Waals surface area contributed by atoms with E-state index in [4.69, 9.17) is 14.2 Å². The van der Waals surface area contributed by atoms with Crippen LogP contribution in [0.4, 0.5) is 5.95 Å². The highest BCUT2D eigenvalue weighted by atomic mass is 16.6. The Balaban J connectivity index is 1.21. The van der Waals surface area contributed by atoms with Crippen molar-refractivity contribution in [2.45, 2.75) is 18.9 Å². The van der Waals surface area contributed by atoms with Gasteiger partial charge >= 0.3 is 0 Å². The molecular weight excluding hydrogens is 344 g/mol. The predicted molar refractivity (Wildman–Crippen MR) is 103 cm³/mol. The number of nitrogens with one attached hydrogen (secondary N) is 1. The van der Waals surface area contributed by atoms with Gasteiger partial charge in [0.2, 0.25) is 11.7 Å². The number of benzene rings is 1. The Hall–Kier alpha value is -2.54. The van der Waals surface area contributed by atoms with Gasteiger partial charge in [0, 0.05) is 32.0 Å². The number of hydrogen-bond donors (Lipinski definition) is 1. The number of nitrogens with zero attached hydrogens (tertiary/aromatic N) is 3. The Morgan fingerprint density at radius 1 is 1.15 bits per heavy atom. The summed E-state index contributed by atoms with van der Waals surface area (Å²) in [7, 11) is 1.65. The van der Waals surface area contributed by atoms with Gasteiger partial charge in [-0.3, -0.25) is 0 Å². The largest absolute Gasteiger partial charge is 0.493 e. The standard InChI is InChI=1S/C20H26N4O3/c1-25-17-4-2-5-18-19(17)27-16(14-26-18)13-21-12-15-6-10-24(11-7-15)20-22-8-3-9-23-20/h2-5,8-9,15-16,21H,6-7,10-14H2,1H3/t16-/m1/s1. The minimum Gasteiger partial charge on any atom is -0.493 e. The van der Waals surface area contributed by atoms with Crippen LogP contribution in [0.3, 0.4) is 0 Å². The number of rotatable bonds is 6. The number of anilines is 1. The molecule has 27 heavy (non-hydrogen) atoms. The van der Waals surface area contributed by atoms with Crippen LogP contribution in [0.15, 0.2) is 36.7 Å². The van der Waals surface area contributed by atoms with E-state index in [0.717, 1.165) is 50.7 Å². The van der Waals surface area contributed by atoms with Crippen LogP contribution in [0.5, 0.6) is 17.2 Å². The fourth-order valence-corrected chi connectivity index (χ4v) is 3.61. The maximum atomic E-state index is 6.08. The van der Waals surface area contributed by atoms with Crippen LogP contribution in [0.1, 0.15) is 12.8 Å². The maximum absolute atomic E-state index is 6.08. The van der Waals surface area contributed by atoms with Gasteiger partial charge in [0.1, 0.15) is 12.7 Å². The van der Waals surface area contributed by atoms with E-state index in [1.807, 2.05) is 24.3 Å². The fraction of sp³-hybridized carbons (Fsp3) is 0.500. The van der Waals surface area contributed by atoms with Crippen molar-refractivity contribution in [3.8, 4) is 17.2 Å². The molecule has 1 aromatic carbocycles. The van der Waals surface area contributed by atoms with E-state index in [9.17, 15) is 0 Å². The van der Waals surface area contributed by atoms with Crippen molar-refractivity contribution in [3.05, 3.63) is 36.7 Å². The summed E-state index contributed by atoms with van der Waals surface area (Å²) in [6.45, 7) is 4.31. The lowest BCUT2D eigenvalue weighted by atomic mass is 9.97. The molecule has 0 saturated carbocycles. The van der Waals surface area contributed by atoms with Crippen molar-refractivity contribution in [3.63, 3.8) is 0 Å². The molecule has 0 aliphatic carbocycles. The van der Waals surface area contributed by atoms with Crippen LogP contribution >= 0.6 is 0 Å². The number of ether oxygens (including phenoxy) is 3. The van der Waals surface area contributed by atoms with E-state index >= 15 is 0 Å². The van der Waals surface area contributed by atoms with Crippen LogP contribution in [-0.2, 0) is 0 Å². The van der Waals surface area contributed by atoms with Gasteiger partial charge in [0.25, 0.3) is 0 Å². The number of methoxy groups -OCH3 is 1. The van der Waals surface area contributed by atoms with Gasteiger partial charge in [-0.15, -0.1) is 0 Å². The van der Waals surface area contributed by atoms with Crippen LogP contribution < -0.4 is 24.4 Å². The first-order valence-electron chi connectivity index (χ1n) is 9.52. The normalized spacial score (nSPS) is 19.7. The van der Waals surface area contributed by atoms with E-state index in [1.54, 1.807) is 19.5 Å². The first-order chi connectivity index (χ1) is 13.3. The summed E-state index contributed by atoms with van der Waals surface area (Å²) in [6.07, 6.45) is 5.88. The summed E-state index contributed by atoms with van der Waals surface area (Å²) < 4.78 is 17.3. The monoisotopic (exact) mass is 370 g/mol. The average Bonchev–Trinajstić information content (AvgIpc) is 2.74. The lowest BCUT2D eigenvalue weighted by Gasteiger charge is -2.32. The lowest BCUT2D eigenvalue weighted by molar-refractivity contribution is 0.0855. The second-order valence-electron chi connectivity index (χ2n) is 6.98. The van der Waals surface area contributed by atoms with Gasteiger partial charge < -0.3 is 24.4 Å². The highest BCUT2D eigenvalue weighted by molar-refractivity contribution is 5.52. The van der Waals surface area contributed by atoms with Crippen molar-refractivity contribution in [2.24, 2.45) is 5.92 Å². The molecule has 7 heteroatoms. The molecule has 1 fully saturated rings. The third kappa shape index (κ3) is 4.24. The average molecular weight is 370 g/mol. The highest BCUT2D eigenvalue weighted by Crippen LogP contribution is 2.39. The maximum Gasteiger partial charge on any atom is 0.225 e. The van der Waals surface area contributed by atoms with E-state index in [1.165, 1.54) is 0 Å². The molecule has 0 unspecified atom stereocenters. The van der Waals surface area contributed by atoms with Crippen LogP contribution in [0.25, 0.3) is 0 Å². The van der Waals surface area contributed by atoms with Gasteiger partial charge in [0.05, 0.1) is 7.11 Å². The first-order valence-corrected chi connectivity index (χ1v) is 9.52. The van der Waals surface area contributed by atoms with Gasteiger partial charge in [-0.05, 0) is 43.5 Å². The molecule has 0 spiro atoms. The summed E-state index contributed by atoms with van der Waals surface area (Å²) in [5.74, 6) is 3.67. The third-order valence-electron chi connectivity index (χ3n) is 5.13. The van der Waals surface area contributed by atoms with Crippen molar-refractivity contribution in [2.75, 3.05) is 44.8 Å². The van der Waals surface area contributed by atoms with Crippen molar-refractivity contribution < 1.29 is 14.2 Å². The SMILES string of the molecule is COc1cccc2c1O[C@H](CNCC1CCN(c3ncccn3)CC1)CO2. The number of fused-ring (bicyclic) bond motifs is 1. The minimum atomic E-state index is -0.00777. The zero-order valence-electron chi connectivity index (χ0n) is 15.6. The molecule has 1 N–H and O–H groups in total. The van der Waals surface area contributed by atoms with Gasteiger partial charge in [0.15, 0.2) is 11.5 Å². The molecule has 0 bridgehead atoms. The summed E-state index contributed by atoms with van der Waals surface area (Å²) in [5, 5.41) is 3.55. The van der Waals surface area contributed by atoms with Crippen LogP contribution in [-0.4, -0.2) is 56.0 Å². The van der Waals surface area contributed by atoms with Crippen LogP contribution in [0.2, 0.25) is 0 Å². The molecule has 1 saturated heterocycles. The Morgan fingerprint density at radius 3 is 2.74 bits per heavy atom. The topological polar surface area (TPSA) is 68.7 Å². The molecule has 4 rings (SSSR count). The number of aromatic nitrogens is 2. The van der Waals surface area contributed by atoms with E-state index < -0.39 is 0 Å². The van der Waals surface area contributed by atoms with E-state index in [-0.39, 0.29) is 6.10 Å². The quantitative estimate of drug-likeness (QED) is 0.835. The minimum absolute atomic E-state index is 0.00777. The zero-order chi connectivity index (χ0) is 18.5. The van der Waals surface area contributed by atoms with E-state index in [0.29, 0.717) is 24.0 Å². The molecule has 1 aromatic heterocycles. The second-order valence-corrected chi connectivity index (χ2v) is 6.98. The van der Waals surface area contributed by atoms with Gasteiger partial charge in [-0.25, -0.2) is 9.97 Å². The number of para-hydroxylation sites is 1. The van der Waals surface area contributed by atoms with Crippen LogP contribution in [0, 0.1) is 5.92 Å². The molecule has 2 aliphatic heterocycles. The summed E-state index contributed by atoms with van der Waals surface area (Å²) in [4.78, 5) is 10.9. The van der Waals surface area contributed by atoms with E-state index in [2.05, 4.69) is 20.2 Å². The van der Waals surface area contributed by atoms with Crippen molar-refractivity contribution >= 4 is 5.95 Å². The molecule has 2 aliphatic rings. The molecule has 1 atom stereocenters. The summed E-state index contributed by atoms with van der Waals surface area (Å²) >= 11 is 0. The number of piperidine rings is 1. The Bertz CT molecular complexity index is 721. The molecular formula is C20H26N4O3. The molecule has 0 amide bonds. The fourth-order valence-electron chi connectivity index (χ4n) is 3.61. The zero-order valence-corrected chi connectivity index (χ0v) is 15.6. The Morgan fingerprint density at radius 2 is 1.96 bits per heavy atom. The Labute approximate surface area is 159 Å².